The molecule has 0 aliphatic heterocycles. The number of hydrogen-bond donors (Lipinski definition) is 2. The maximum atomic E-state index is 6.00. The Balaban J connectivity index is 1.60. The molecule has 0 spiro atoms. The van der Waals surface area contributed by atoms with Gasteiger partial charge in [-0.3, -0.25) is 4.68 Å². The first-order valence-electron chi connectivity index (χ1n) is 7.29. The van der Waals surface area contributed by atoms with E-state index in [2.05, 4.69) is 15.7 Å². The van der Waals surface area contributed by atoms with Gasteiger partial charge in [0.2, 0.25) is 0 Å². The average molecular weight is 412 g/mol. The predicted octanol–water partition coefficient (Wildman–Crippen LogP) is 5.70. The van der Waals surface area contributed by atoms with Crippen LogP contribution in [0.25, 0.3) is 0 Å². The van der Waals surface area contributed by atoms with E-state index in [0.717, 1.165) is 16.9 Å². The first-order valence-corrected chi connectivity index (χ1v) is 8.84. The van der Waals surface area contributed by atoms with Crippen molar-refractivity contribution in [2.75, 3.05) is 10.6 Å². The van der Waals surface area contributed by atoms with Crippen molar-refractivity contribution in [2.45, 2.75) is 6.54 Å². The number of nitrogens with zero attached hydrogens (tertiary/aromatic N) is 2. The fraction of sp³-hybridized carbons (Fsp3) is 0.0588. The Morgan fingerprint density at radius 3 is 2.56 bits per heavy atom. The summed E-state index contributed by atoms with van der Waals surface area (Å²) in [5.74, 6) is 0. The minimum absolute atomic E-state index is 0.431. The maximum absolute atomic E-state index is 6.00. The van der Waals surface area contributed by atoms with E-state index in [0.29, 0.717) is 26.7 Å². The lowest BCUT2D eigenvalue weighted by atomic mass is 10.2. The van der Waals surface area contributed by atoms with Crippen LogP contribution in [0, 0.1) is 0 Å². The number of rotatable bonds is 4. The zero-order valence-corrected chi connectivity index (χ0v) is 15.9. The molecule has 1 heterocycles. The number of halogens is 3. The summed E-state index contributed by atoms with van der Waals surface area (Å²) in [6, 6.07) is 12.9. The summed E-state index contributed by atoms with van der Waals surface area (Å²) in [6.07, 6.45) is 3.57. The van der Waals surface area contributed by atoms with Gasteiger partial charge in [0.15, 0.2) is 5.11 Å². The smallest absolute Gasteiger partial charge is 0.175 e. The highest BCUT2D eigenvalue weighted by Crippen LogP contribution is 2.25. The molecule has 25 heavy (non-hydrogen) atoms. The molecule has 2 N–H and O–H groups in total. The van der Waals surface area contributed by atoms with Crippen LogP contribution in [0.1, 0.15) is 5.56 Å². The third-order valence-corrected chi connectivity index (χ3v) is 4.48. The van der Waals surface area contributed by atoms with E-state index in [4.69, 9.17) is 47.0 Å². The first kappa shape index (κ1) is 18.0. The highest BCUT2D eigenvalue weighted by Gasteiger charge is 2.05. The standard InChI is InChI=1S/C17H13Cl3N4S/c18-12-3-1-2-11(6-12)9-24-10-14(8-21-24)23-17(25)22-13-4-5-15(19)16(20)7-13/h1-8,10H,9H2,(H2,22,23,25). The zero-order valence-electron chi connectivity index (χ0n) is 12.8. The van der Waals surface area contributed by atoms with E-state index in [1.165, 1.54) is 0 Å². The van der Waals surface area contributed by atoms with Crippen molar-refractivity contribution in [1.82, 2.24) is 9.78 Å². The molecule has 0 aliphatic carbocycles. The molecule has 0 aliphatic rings. The molecule has 0 fully saturated rings. The third-order valence-electron chi connectivity index (χ3n) is 3.30. The van der Waals surface area contributed by atoms with Crippen molar-refractivity contribution < 1.29 is 0 Å². The van der Waals surface area contributed by atoms with Gasteiger partial charge in [0, 0.05) is 16.9 Å². The van der Waals surface area contributed by atoms with Crippen LogP contribution >= 0.6 is 47.0 Å². The lowest BCUT2D eigenvalue weighted by molar-refractivity contribution is 0.687. The van der Waals surface area contributed by atoms with Gasteiger partial charge in [-0.15, -0.1) is 0 Å². The van der Waals surface area contributed by atoms with Crippen LogP contribution in [0.4, 0.5) is 11.4 Å². The Hall–Kier alpha value is -1.79. The van der Waals surface area contributed by atoms with Gasteiger partial charge >= 0.3 is 0 Å². The zero-order chi connectivity index (χ0) is 17.8. The van der Waals surface area contributed by atoms with E-state index in [9.17, 15) is 0 Å². The fourth-order valence-corrected chi connectivity index (χ4v) is 2.95. The van der Waals surface area contributed by atoms with Gasteiger partial charge in [-0.1, -0.05) is 46.9 Å². The summed E-state index contributed by atoms with van der Waals surface area (Å²) in [4.78, 5) is 0. The molecule has 4 nitrogen and oxygen atoms in total. The van der Waals surface area contributed by atoms with Gasteiger partial charge in [0.05, 0.1) is 28.5 Å². The average Bonchev–Trinajstić information content (AvgIpc) is 2.98. The van der Waals surface area contributed by atoms with E-state index in [1.807, 2.05) is 30.5 Å². The normalized spacial score (nSPS) is 10.5. The van der Waals surface area contributed by atoms with Crippen LogP contribution in [0.5, 0.6) is 0 Å². The molecule has 3 aromatic rings. The molecule has 128 valence electrons. The number of thiocarbonyl (C=S) groups is 1. The van der Waals surface area contributed by atoms with Gasteiger partial charge in [-0.2, -0.15) is 5.10 Å². The fourth-order valence-electron chi connectivity index (χ4n) is 2.20. The SMILES string of the molecule is S=C(Nc1ccc(Cl)c(Cl)c1)Nc1cnn(Cc2cccc(Cl)c2)c1. The second-order valence-electron chi connectivity index (χ2n) is 5.26. The summed E-state index contributed by atoms with van der Waals surface area (Å²) in [7, 11) is 0. The van der Waals surface area contributed by atoms with Gasteiger partial charge in [0.1, 0.15) is 0 Å². The molecular weight excluding hydrogens is 399 g/mol. The summed E-state index contributed by atoms with van der Waals surface area (Å²) in [5.41, 5.74) is 2.59. The van der Waals surface area contributed by atoms with Crippen LogP contribution in [0.3, 0.4) is 0 Å². The van der Waals surface area contributed by atoms with Crippen LogP contribution < -0.4 is 10.6 Å². The highest BCUT2D eigenvalue weighted by atomic mass is 35.5. The summed E-state index contributed by atoms with van der Waals surface area (Å²) >= 11 is 23.2. The molecular formula is C17H13Cl3N4S. The minimum atomic E-state index is 0.431. The molecule has 8 heteroatoms. The first-order chi connectivity index (χ1) is 12.0. The minimum Gasteiger partial charge on any atom is -0.332 e. The number of aromatic nitrogens is 2. The maximum Gasteiger partial charge on any atom is 0.175 e. The topological polar surface area (TPSA) is 41.9 Å². The van der Waals surface area contributed by atoms with Crippen molar-refractivity contribution in [3.05, 3.63) is 75.5 Å². The molecule has 2 aromatic carbocycles. The lowest BCUT2D eigenvalue weighted by Crippen LogP contribution is -2.18. The second-order valence-corrected chi connectivity index (χ2v) is 6.92. The van der Waals surface area contributed by atoms with E-state index < -0.39 is 0 Å². The van der Waals surface area contributed by atoms with E-state index in [-0.39, 0.29) is 0 Å². The molecule has 0 bridgehead atoms. The van der Waals surface area contributed by atoms with Crippen molar-refractivity contribution in [2.24, 2.45) is 0 Å². The predicted molar refractivity (Wildman–Crippen MR) is 109 cm³/mol. The Kier molecular flexibility index (Phi) is 5.81. The van der Waals surface area contributed by atoms with Crippen LogP contribution in [0.15, 0.2) is 54.9 Å². The van der Waals surface area contributed by atoms with Crippen LogP contribution in [-0.4, -0.2) is 14.9 Å². The quantitative estimate of drug-likeness (QED) is 0.540. The van der Waals surface area contributed by atoms with E-state index >= 15 is 0 Å². The van der Waals surface area contributed by atoms with Crippen LogP contribution in [-0.2, 0) is 6.54 Å². The van der Waals surface area contributed by atoms with Crippen LogP contribution in [0.2, 0.25) is 15.1 Å². The van der Waals surface area contributed by atoms with Gasteiger partial charge in [-0.05, 0) is 48.1 Å². The van der Waals surface area contributed by atoms with Gasteiger partial charge in [0.25, 0.3) is 0 Å². The Labute approximate surface area is 165 Å². The number of benzene rings is 2. The second kappa shape index (κ2) is 8.06. The molecule has 0 saturated carbocycles. The molecule has 0 amide bonds. The number of anilines is 2. The molecule has 0 radical (unpaired) electrons. The molecule has 0 saturated heterocycles. The Bertz CT molecular complexity index is 910. The Morgan fingerprint density at radius 1 is 1.00 bits per heavy atom. The molecule has 0 atom stereocenters. The van der Waals surface area contributed by atoms with Gasteiger partial charge in [-0.25, -0.2) is 0 Å². The monoisotopic (exact) mass is 410 g/mol. The molecule has 3 rings (SSSR count). The molecule has 0 unspecified atom stereocenters. The van der Waals surface area contributed by atoms with Crippen molar-refractivity contribution >= 4 is 63.5 Å². The largest absolute Gasteiger partial charge is 0.332 e. The summed E-state index contributed by atoms with van der Waals surface area (Å²) in [5, 5.41) is 12.5. The van der Waals surface area contributed by atoms with E-state index in [1.54, 1.807) is 29.1 Å². The molecule has 1 aromatic heterocycles. The summed E-state index contributed by atoms with van der Waals surface area (Å²) in [6.45, 7) is 0.620. The highest BCUT2D eigenvalue weighted by molar-refractivity contribution is 7.80. The Morgan fingerprint density at radius 2 is 1.80 bits per heavy atom. The summed E-state index contributed by atoms with van der Waals surface area (Å²) < 4.78 is 1.80. The number of hydrogen-bond acceptors (Lipinski definition) is 2. The van der Waals surface area contributed by atoms with Gasteiger partial charge < -0.3 is 10.6 Å². The van der Waals surface area contributed by atoms with Crippen molar-refractivity contribution in [3.63, 3.8) is 0 Å². The third kappa shape index (κ3) is 5.09. The lowest BCUT2D eigenvalue weighted by Gasteiger charge is -2.09. The van der Waals surface area contributed by atoms with Crippen molar-refractivity contribution in [3.8, 4) is 0 Å². The van der Waals surface area contributed by atoms with Crippen molar-refractivity contribution in [1.29, 1.82) is 0 Å². The number of nitrogens with one attached hydrogen (secondary N) is 2.